The molecule has 1 N–H and O–H groups in total. The molecule has 4 rings (SSSR count). The van der Waals surface area contributed by atoms with E-state index in [0.29, 0.717) is 21.3 Å². The molecule has 1 atom stereocenters. The number of anilines is 1. The molecule has 1 unspecified atom stereocenters. The Morgan fingerprint density at radius 2 is 1.62 bits per heavy atom. The Labute approximate surface area is 258 Å². The number of carbonyl (C=O) groups is 2. The summed E-state index contributed by atoms with van der Waals surface area (Å²) >= 11 is 12.6. The van der Waals surface area contributed by atoms with Gasteiger partial charge in [-0.05, 0) is 81.1 Å². The second-order valence-corrected chi connectivity index (χ2v) is 13.6. The smallest absolute Gasteiger partial charge is 0.264 e. The fraction of sp³-hybridized carbons (Fsp3) is 0.375. The lowest BCUT2D eigenvalue weighted by Gasteiger charge is -2.33. The third-order valence-corrected chi connectivity index (χ3v) is 10.2. The Morgan fingerprint density at radius 3 is 2.29 bits per heavy atom. The van der Waals surface area contributed by atoms with Crippen LogP contribution in [0.2, 0.25) is 10.0 Å². The lowest BCUT2D eigenvalue weighted by Crippen LogP contribution is -2.53. The quantitative estimate of drug-likeness (QED) is 0.271. The van der Waals surface area contributed by atoms with Crippen molar-refractivity contribution in [3.8, 4) is 0 Å². The predicted molar refractivity (Wildman–Crippen MR) is 168 cm³/mol. The van der Waals surface area contributed by atoms with Crippen molar-refractivity contribution in [2.24, 2.45) is 0 Å². The van der Waals surface area contributed by atoms with Gasteiger partial charge in [-0.3, -0.25) is 13.9 Å². The number of benzene rings is 3. The molecule has 0 heterocycles. The summed E-state index contributed by atoms with van der Waals surface area (Å²) in [6, 6.07) is 17.7. The van der Waals surface area contributed by atoms with Crippen molar-refractivity contribution in [2.45, 2.75) is 76.4 Å². The predicted octanol–water partition coefficient (Wildman–Crippen LogP) is 6.67. The van der Waals surface area contributed by atoms with E-state index >= 15 is 0 Å². The third kappa shape index (κ3) is 7.65. The topological polar surface area (TPSA) is 86.8 Å². The van der Waals surface area contributed by atoms with Gasteiger partial charge in [0.1, 0.15) is 12.6 Å². The zero-order valence-corrected chi connectivity index (χ0v) is 26.5. The van der Waals surface area contributed by atoms with E-state index in [1.165, 1.54) is 17.0 Å². The van der Waals surface area contributed by atoms with Crippen molar-refractivity contribution in [1.82, 2.24) is 10.2 Å². The van der Waals surface area contributed by atoms with Crippen LogP contribution in [-0.4, -0.2) is 43.8 Å². The monoisotopic (exact) mass is 629 g/mol. The van der Waals surface area contributed by atoms with E-state index in [1.54, 1.807) is 62.4 Å². The average Bonchev–Trinajstić information content (AvgIpc) is 2.96. The van der Waals surface area contributed by atoms with Crippen molar-refractivity contribution in [3.63, 3.8) is 0 Å². The van der Waals surface area contributed by atoms with Gasteiger partial charge in [0, 0.05) is 22.6 Å². The fourth-order valence-electron chi connectivity index (χ4n) is 5.20. The van der Waals surface area contributed by atoms with Crippen LogP contribution in [0.25, 0.3) is 0 Å². The number of carbonyl (C=O) groups excluding carboxylic acids is 2. The highest BCUT2D eigenvalue weighted by Crippen LogP contribution is 2.31. The van der Waals surface area contributed by atoms with E-state index in [1.807, 2.05) is 13.0 Å². The molecule has 0 bridgehead atoms. The Kier molecular flexibility index (Phi) is 10.6. The molecule has 10 heteroatoms. The van der Waals surface area contributed by atoms with Gasteiger partial charge in [-0.25, -0.2) is 8.42 Å². The number of amides is 2. The lowest BCUT2D eigenvalue weighted by molar-refractivity contribution is -0.139. The summed E-state index contributed by atoms with van der Waals surface area (Å²) < 4.78 is 29.2. The molecule has 3 aromatic rings. The maximum Gasteiger partial charge on any atom is 0.264 e. The summed E-state index contributed by atoms with van der Waals surface area (Å²) in [5.41, 5.74) is 2.44. The molecule has 7 nitrogen and oxygen atoms in total. The van der Waals surface area contributed by atoms with Crippen molar-refractivity contribution in [1.29, 1.82) is 0 Å². The van der Waals surface area contributed by atoms with Gasteiger partial charge >= 0.3 is 0 Å². The lowest BCUT2D eigenvalue weighted by atomic mass is 9.95. The van der Waals surface area contributed by atoms with Crippen LogP contribution >= 0.6 is 23.2 Å². The average molecular weight is 631 g/mol. The van der Waals surface area contributed by atoms with Crippen LogP contribution in [-0.2, 0) is 26.2 Å². The molecule has 2 amide bonds. The van der Waals surface area contributed by atoms with Crippen LogP contribution in [0.4, 0.5) is 5.69 Å². The number of sulfonamides is 1. The summed E-state index contributed by atoms with van der Waals surface area (Å²) in [5.74, 6) is -0.805. The second kappa shape index (κ2) is 13.9. The molecule has 224 valence electrons. The Bertz CT molecular complexity index is 1520. The van der Waals surface area contributed by atoms with Crippen LogP contribution in [0.1, 0.15) is 55.7 Å². The van der Waals surface area contributed by atoms with Crippen LogP contribution in [0.3, 0.4) is 0 Å². The number of hydrogen-bond donors (Lipinski definition) is 1. The first-order valence-corrected chi connectivity index (χ1v) is 16.4. The minimum Gasteiger partial charge on any atom is -0.352 e. The number of halogens is 2. The Balaban J connectivity index is 1.71. The van der Waals surface area contributed by atoms with E-state index in [2.05, 4.69) is 5.32 Å². The number of aryl methyl sites for hydroxylation is 1. The highest BCUT2D eigenvalue weighted by molar-refractivity contribution is 7.92. The molecule has 0 radical (unpaired) electrons. The molecule has 1 saturated carbocycles. The van der Waals surface area contributed by atoms with Crippen molar-refractivity contribution in [3.05, 3.63) is 93.5 Å². The zero-order valence-electron chi connectivity index (χ0n) is 24.1. The van der Waals surface area contributed by atoms with E-state index in [9.17, 15) is 18.0 Å². The minimum atomic E-state index is -4.18. The molecule has 1 aliphatic rings. The van der Waals surface area contributed by atoms with Gasteiger partial charge in [-0.2, -0.15) is 0 Å². The number of rotatable bonds is 10. The fourth-order valence-corrected chi connectivity index (χ4v) is 7.05. The van der Waals surface area contributed by atoms with Gasteiger partial charge in [-0.15, -0.1) is 0 Å². The summed E-state index contributed by atoms with van der Waals surface area (Å²) in [4.78, 5) is 29.1. The van der Waals surface area contributed by atoms with Gasteiger partial charge in [-0.1, -0.05) is 78.4 Å². The number of nitrogens with one attached hydrogen (secondary N) is 1. The van der Waals surface area contributed by atoms with E-state index in [0.717, 1.165) is 47.5 Å². The molecule has 0 aromatic heterocycles. The van der Waals surface area contributed by atoms with Crippen LogP contribution in [0.15, 0.2) is 71.6 Å². The minimum absolute atomic E-state index is 0.0461. The molecule has 0 spiro atoms. The summed E-state index contributed by atoms with van der Waals surface area (Å²) in [5, 5.41) is 3.98. The van der Waals surface area contributed by atoms with E-state index in [-0.39, 0.29) is 23.4 Å². The summed E-state index contributed by atoms with van der Waals surface area (Å²) in [6.07, 6.45) is 5.05. The number of hydrogen-bond acceptors (Lipinski definition) is 4. The first-order chi connectivity index (χ1) is 20.0. The molecule has 0 saturated heterocycles. The molecule has 1 aliphatic carbocycles. The highest BCUT2D eigenvalue weighted by Gasteiger charge is 2.34. The highest BCUT2D eigenvalue weighted by atomic mass is 35.5. The maximum absolute atomic E-state index is 14.2. The second-order valence-electron chi connectivity index (χ2n) is 10.9. The molecule has 42 heavy (non-hydrogen) atoms. The summed E-state index contributed by atoms with van der Waals surface area (Å²) in [7, 11) is -4.18. The first-order valence-electron chi connectivity index (χ1n) is 14.2. The van der Waals surface area contributed by atoms with Crippen molar-refractivity contribution >= 4 is 50.7 Å². The van der Waals surface area contributed by atoms with Crippen LogP contribution in [0, 0.1) is 13.8 Å². The van der Waals surface area contributed by atoms with Crippen molar-refractivity contribution < 1.29 is 18.0 Å². The van der Waals surface area contributed by atoms with Gasteiger partial charge in [0.25, 0.3) is 10.0 Å². The van der Waals surface area contributed by atoms with E-state index < -0.39 is 28.5 Å². The molecular weight excluding hydrogens is 593 g/mol. The SMILES string of the molecule is Cc1ccc(S(=O)(=O)N(CC(=O)N(Cc2cccc(Cl)c2)C(C)C(=O)NC2CCCCC2)c2cccc(Cl)c2C)cc1. The normalized spacial score (nSPS) is 14.7. The first kappa shape index (κ1) is 31.9. The van der Waals surface area contributed by atoms with Crippen LogP contribution in [0.5, 0.6) is 0 Å². The molecular formula is C32H37Cl2N3O4S. The Morgan fingerprint density at radius 1 is 0.952 bits per heavy atom. The van der Waals surface area contributed by atoms with Gasteiger partial charge in [0.05, 0.1) is 10.6 Å². The van der Waals surface area contributed by atoms with E-state index in [4.69, 9.17) is 23.2 Å². The zero-order chi connectivity index (χ0) is 30.4. The van der Waals surface area contributed by atoms with Gasteiger partial charge in [0.2, 0.25) is 11.8 Å². The standard InChI is InChI=1S/C32H37Cl2N3O4S/c1-22-15-17-28(18-16-22)42(40,41)37(30-14-8-13-29(34)23(30)2)21-31(38)36(20-25-9-7-10-26(33)19-25)24(3)32(39)35-27-11-5-4-6-12-27/h7-10,13-19,24,27H,4-6,11-12,20-21H2,1-3H3,(H,35,39). The van der Waals surface area contributed by atoms with Crippen molar-refractivity contribution in [2.75, 3.05) is 10.8 Å². The molecule has 1 fully saturated rings. The van der Waals surface area contributed by atoms with Crippen LogP contribution < -0.4 is 9.62 Å². The number of nitrogens with zero attached hydrogens (tertiary/aromatic N) is 2. The van der Waals surface area contributed by atoms with Gasteiger partial charge < -0.3 is 10.2 Å². The third-order valence-electron chi connectivity index (χ3n) is 7.76. The Hall–Kier alpha value is -3.07. The molecule has 3 aromatic carbocycles. The van der Waals surface area contributed by atoms with Gasteiger partial charge in [0.15, 0.2) is 0 Å². The summed E-state index contributed by atoms with van der Waals surface area (Å²) in [6.45, 7) is 4.80. The maximum atomic E-state index is 14.2. The molecule has 0 aliphatic heterocycles. The largest absolute Gasteiger partial charge is 0.352 e.